The number of esters is 1. The minimum absolute atomic E-state index is 0.0669. The number of nitrogens with zero attached hydrogens (tertiary/aromatic N) is 1. The maximum Gasteiger partial charge on any atom is 0.308 e. The SMILES string of the molecule is CCN(CC)C(=O)c1ccc(Cc2ccc(OC(C)=O)cc2)cc1. The van der Waals surface area contributed by atoms with Crippen molar-refractivity contribution < 1.29 is 14.3 Å². The molecule has 0 aliphatic rings. The summed E-state index contributed by atoms with van der Waals surface area (Å²) < 4.78 is 5.02. The summed E-state index contributed by atoms with van der Waals surface area (Å²) in [5.74, 6) is 0.292. The fourth-order valence-corrected chi connectivity index (χ4v) is 2.54. The topological polar surface area (TPSA) is 46.6 Å². The Balaban J connectivity index is 2.03. The summed E-state index contributed by atoms with van der Waals surface area (Å²) in [6.07, 6.45) is 0.764. The molecule has 0 spiro atoms. The molecule has 24 heavy (non-hydrogen) atoms. The third-order valence-corrected chi connectivity index (χ3v) is 3.84. The van der Waals surface area contributed by atoms with E-state index in [0.29, 0.717) is 24.4 Å². The molecule has 0 heterocycles. The molecule has 2 aromatic carbocycles. The van der Waals surface area contributed by atoms with Crippen LogP contribution in [-0.4, -0.2) is 29.9 Å². The minimum Gasteiger partial charge on any atom is -0.427 e. The summed E-state index contributed by atoms with van der Waals surface area (Å²) in [6.45, 7) is 6.77. The van der Waals surface area contributed by atoms with Crippen LogP contribution in [0.2, 0.25) is 0 Å². The van der Waals surface area contributed by atoms with Crippen LogP contribution in [-0.2, 0) is 11.2 Å². The van der Waals surface area contributed by atoms with Gasteiger partial charge in [0.25, 0.3) is 5.91 Å². The number of carbonyl (C=O) groups is 2. The van der Waals surface area contributed by atoms with Crippen molar-refractivity contribution in [3.63, 3.8) is 0 Å². The molecule has 0 saturated carbocycles. The van der Waals surface area contributed by atoms with Crippen LogP contribution in [0.1, 0.15) is 42.3 Å². The highest BCUT2D eigenvalue weighted by Crippen LogP contribution is 2.16. The van der Waals surface area contributed by atoms with Crippen molar-refractivity contribution in [1.82, 2.24) is 4.90 Å². The van der Waals surface area contributed by atoms with Crippen molar-refractivity contribution in [2.45, 2.75) is 27.2 Å². The van der Waals surface area contributed by atoms with Gasteiger partial charge in [0.2, 0.25) is 0 Å². The molecular formula is C20H23NO3. The number of rotatable bonds is 6. The summed E-state index contributed by atoms with van der Waals surface area (Å²) in [4.78, 5) is 25.0. The molecule has 0 aliphatic carbocycles. The van der Waals surface area contributed by atoms with Crippen LogP contribution in [0.4, 0.5) is 0 Å². The van der Waals surface area contributed by atoms with Crippen LogP contribution in [0.3, 0.4) is 0 Å². The Morgan fingerprint density at radius 2 is 1.38 bits per heavy atom. The van der Waals surface area contributed by atoms with Crippen molar-refractivity contribution in [2.75, 3.05) is 13.1 Å². The van der Waals surface area contributed by atoms with Crippen LogP contribution in [0.5, 0.6) is 5.75 Å². The van der Waals surface area contributed by atoms with E-state index >= 15 is 0 Å². The lowest BCUT2D eigenvalue weighted by Crippen LogP contribution is -2.30. The second-order valence-electron chi connectivity index (χ2n) is 5.59. The van der Waals surface area contributed by atoms with Gasteiger partial charge in [-0.25, -0.2) is 0 Å². The molecule has 0 aliphatic heterocycles. The van der Waals surface area contributed by atoms with Crippen molar-refractivity contribution in [1.29, 1.82) is 0 Å². The Morgan fingerprint density at radius 1 is 0.875 bits per heavy atom. The van der Waals surface area contributed by atoms with Gasteiger partial charge in [0.1, 0.15) is 5.75 Å². The lowest BCUT2D eigenvalue weighted by atomic mass is 10.0. The van der Waals surface area contributed by atoms with Crippen molar-refractivity contribution in [2.24, 2.45) is 0 Å². The fraction of sp³-hybridized carbons (Fsp3) is 0.300. The van der Waals surface area contributed by atoms with Gasteiger partial charge in [-0.1, -0.05) is 24.3 Å². The Hall–Kier alpha value is -2.62. The molecule has 0 N–H and O–H groups in total. The highest BCUT2D eigenvalue weighted by atomic mass is 16.5. The zero-order chi connectivity index (χ0) is 17.5. The molecule has 0 bridgehead atoms. The van der Waals surface area contributed by atoms with Gasteiger partial charge in [-0.15, -0.1) is 0 Å². The molecule has 126 valence electrons. The van der Waals surface area contributed by atoms with Crippen LogP contribution in [0, 0.1) is 0 Å². The lowest BCUT2D eigenvalue weighted by molar-refractivity contribution is -0.131. The average Bonchev–Trinajstić information content (AvgIpc) is 2.58. The lowest BCUT2D eigenvalue weighted by Gasteiger charge is -2.18. The molecular weight excluding hydrogens is 302 g/mol. The third kappa shape index (κ3) is 4.69. The largest absolute Gasteiger partial charge is 0.427 e. The van der Waals surface area contributed by atoms with Crippen LogP contribution >= 0.6 is 0 Å². The number of carbonyl (C=O) groups excluding carboxylic acids is 2. The van der Waals surface area contributed by atoms with Gasteiger partial charge in [-0.2, -0.15) is 0 Å². The van der Waals surface area contributed by atoms with Crippen molar-refractivity contribution in [3.8, 4) is 5.75 Å². The summed E-state index contributed by atoms with van der Waals surface area (Å²) in [7, 11) is 0. The normalized spacial score (nSPS) is 10.3. The van der Waals surface area contributed by atoms with E-state index in [1.54, 1.807) is 12.1 Å². The van der Waals surface area contributed by atoms with Gasteiger partial charge in [0, 0.05) is 25.6 Å². The monoisotopic (exact) mass is 325 g/mol. The quantitative estimate of drug-likeness (QED) is 0.601. The minimum atomic E-state index is -0.323. The van der Waals surface area contributed by atoms with Crippen molar-refractivity contribution in [3.05, 3.63) is 65.2 Å². The highest BCUT2D eigenvalue weighted by molar-refractivity contribution is 5.94. The zero-order valence-corrected chi connectivity index (χ0v) is 14.4. The van der Waals surface area contributed by atoms with E-state index < -0.39 is 0 Å². The smallest absolute Gasteiger partial charge is 0.308 e. The number of hydrogen-bond donors (Lipinski definition) is 0. The van der Waals surface area contributed by atoms with Gasteiger partial charge in [-0.3, -0.25) is 9.59 Å². The van der Waals surface area contributed by atoms with Gasteiger partial charge >= 0.3 is 5.97 Å². The molecule has 2 aromatic rings. The van der Waals surface area contributed by atoms with E-state index in [-0.39, 0.29) is 11.9 Å². The first-order chi connectivity index (χ1) is 11.5. The molecule has 0 unspecified atom stereocenters. The first-order valence-electron chi connectivity index (χ1n) is 8.19. The van der Waals surface area contributed by atoms with E-state index in [1.807, 2.05) is 55.1 Å². The Morgan fingerprint density at radius 3 is 1.83 bits per heavy atom. The molecule has 0 atom stereocenters. The van der Waals surface area contributed by atoms with E-state index in [2.05, 4.69) is 0 Å². The summed E-state index contributed by atoms with van der Waals surface area (Å²) in [5.41, 5.74) is 2.97. The molecule has 0 saturated heterocycles. The Bertz CT molecular complexity index is 686. The van der Waals surface area contributed by atoms with E-state index in [0.717, 1.165) is 17.5 Å². The fourth-order valence-electron chi connectivity index (χ4n) is 2.54. The molecule has 1 amide bonds. The average molecular weight is 325 g/mol. The Kier molecular flexibility index (Phi) is 6.13. The van der Waals surface area contributed by atoms with E-state index in [9.17, 15) is 9.59 Å². The van der Waals surface area contributed by atoms with E-state index in [1.165, 1.54) is 6.92 Å². The summed E-state index contributed by atoms with van der Waals surface area (Å²) >= 11 is 0. The standard InChI is InChI=1S/C20H23NO3/c1-4-21(5-2)20(23)18-10-6-16(7-11-18)14-17-8-12-19(13-9-17)24-15(3)22/h6-13H,4-5,14H2,1-3H3. The van der Waals surface area contributed by atoms with Gasteiger partial charge < -0.3 is 9.64 Å². The first kappa shape index (κ1) is 17.7. The van der Waals surface area contributed by atoms with Crippen LogP contribution in [0.15, 0.2) is 48.5 Å². The molecule has 0 fully saturated rings. The van der Waals surface area contributed by atoms with Crippen molar-refractivity contribution >= 4 is 11.9 Å². The molecule has 4 nitrogen and oxygen atoms in total. The van der Waals surface area contributed by atoms with Crippen LogP contribution in [0.25, 0.3) is 0 Å². The highest BCUT2D eigenvalue weighted by Gasteiger charge is 2.11. The van der Waals surface area contributed by atoms with Gasteiger partial charge in [0.15, 0.2) is 0 Å². The maximum absolute atomic E-state index is 12.3. The molecule has 0 aromatic heterocycles. The second kappa shape index (κ2) is 8.29. The zero-order valence-electron chi connectivity index (χ0n) is 14.4. The molecule has 0 radical (unpaired) electrons. The van der Waals surface area contributed by atoms with Gasteiger partial charge in [0.05, 0.1) is 0 Å². The maximum atomic E-state index is 12.3. The predicted octanol–water partition coefficient (Wildman–Crippen LogP) is 3.68. The number of ether oxygens (including phenoxy) is 1. The molecule has 2 rings (SSSR count). The first-order valence-corrected chi connectivity index (χ1v) is 8.19. The molecule has 4 heteroatoms. The Labute approximate surface area is 143 Å². The third-order valence-electron chi connectivity index (χ3n) is 3.84. The number of hydrogen-bond acceptors (Lipinski definition) is 3. The summed E-state index contributed by atoms with van der Waals surface area (Å²) in [5, 5.41) is 0. The van der Waals surface area contributed by atoms with Gasteiger partial charge in [-0.05, 0) is 55.7 Å². The predicted molar refractivity (Wildman–Crippen MR) is 94.3 cm³/mol. The second-order valence-corrected chi connectivity index (χ2v) is 5.59. The summed E-state index contributed by atoms with van der Waals surface area (Å²) in [6, 6.07) is 15.2. The number of amides is 1. The van der Waals surface area contributed by atoms with Crippen LogP contribution < -0.4 is 4.74 Å². The van der Waals surface area contributed by atoms with E-state index in [4.69, 9.17) is 4.74 Å². The number of benzene rings is 2.